The number of carbonyl (C=O) groups excluding carboxylic acids is 1. The zero-order valence-corrected chi connectivity index (χ0v) is 12.9. The summed E-state index contributed by atoms with van der Waals surface area (Å²) in [6.45, 7) is 6.15. The maximum absolute atomic E-state index is 12.7. The van der Waals surface area contributed by atoms with Gasteiger partial charge in [-0.1, -0.05) is 13.8 Å². The van der Waals surface area contributed by atoms with Gasteiger partial charge in [-0.2, -0.15) is 0 Å². The number of nitrogens with one attached hydrogen (secondary N) is 1. The largest absolute Gasteiger partial charge is 0.465 e. The minimum Gasteiger partial charge on any atom is -0.465 e. The highest BCUT2D eigenvalue weighted by Crippen LogP contribution is 2.28. The van der Waals surface area contributed by atoms with Crippen LogP contribution in [0.2, 0.25) is 0 Å². The molecule has 1 aliphatic heterocycles. The molecule has 1 saturated heterocycles. The van der Waals surface area contributed by atoms with Crippen LogP contribution in [0.4, 0.5) is 4.79 Å². The molecule has 2 N–H and O–H groups in total. The molecule has 0 aromatic rings. The first kappa shape index (κ1) is 16.1. The van der Waals surface area contributed by atoms with Gasteiger partial charge >= 0.3 is 6.09 Å². The average molecular weight is 298 g/mol. The van der Waals surface area contributed by atoms with Gasteiger partial charge in [0.2, 0.25) is 5.91 Å². The van der Waals surface area contributed by atoms with Gasteiger partial charge in [0.1, 0.15) is 0 Å². The third-order valence-corrected chi connectivity index (χ3v) is 4.62. The van der Waals surface area contributed by atoms with E-state index in [0.717, 1.165) is 25.7 Å². The van der Waals surface area contributed by atoms with Crippen molar-refractivity contribution in [3.8, 4) is 0 Å². The Hall–Kier alpha value is -1.30. The van der Waals surface area contributed by atoms with E-state index in [1.54, 1.807) is 0 Å². The quantitative estimate of drug-likeness (QED) is 0.831. The number of nitrogens with zero attached hydrogens (tertiary/aromatic N) is 1. The van der Waals surface area contributed by atoms with Crippen molar-refractivity contribution in [2.24, 2.45) is 11.8 Å². The SMILES string of the molecule is CC(C)C1COCCN1C(=O)C1CCC(NC(=O)O)CC1. The molecule has 6 heteroatoms. The van der Waals surface area contributed by atoms with Gasteiger partial charge in [-0.05, 0) is 31.6 Å². The second kappa shape index (κ2) is 7.11. The number of hydrogen-bond acceptors (Lipinski definition) is 3. The van der Waals surface area contributed by atoms with E-state index in [1.807, 2.05) is 4.90 Å². The number of rotatable bonds is 3. The lowest BCUT2D eigenvalue weighted by Crippen LogP contribution is -2.53. The van der Waals surface area contributed by atoms with Crippen LogP contribution < -0.4 is 5.32 Å². The topological polar surface area (TPSA) is 78.9 Å². The Morgan fingerprint density at radius 1 is 1.24 bits per heavy atom. The molecule has 2 fully saturated rings. The average Bonchev–Trinajstić information content (AvgIpc) is 2.46. The monoisotopic (exact) mass is 298 g/mol. The summed E-state index contributed by atoms with van der Waals surface area (Å²) in [7, 11) is 0. The van der Waals surface area contributed by atoms with Gasteiger partial charge in [-0.15, -0.1) is 0 Å². The normalized spacial score (nSPS) is 30.2. The van der Waals surface area contributed by atoms with Crippen LogP contribution in [0, 0.1) is 11.8 Å². The smallest absolute Gasteiger partial charge is 0.404 e. The highest BCUT2D eigenvalue weighted by atomic mass is 16.5. The van der Waals surface area contributed by atoms with Gasteiger partial charge in [0, 0.05) is 18.5 Å². The van der Waals surface area contributed by atoms with Crippen molar-refractivity contribution >= 4 is 12.0 Å². The summed E-state index contributed by atoms with van der Waals surface area (Å²) in [5.74, 6) is 0.654. The third kappa shape index (κ3) is 4.09. The number of carboxylic acid groups (broad SMARTS) is 1. The first-order valence-corrected chi connectivity index (χ1v) is 7.86. The Balaban J connectivity index is 1.90. The van der Waals surface area contributed by atoms with Crippen molar-refractivity contribution in [2.75, 3.05) is 19.8 Å². The predicted octanol–water partition coefficient (Wildman–Crippen LogP) is 1.70. The van der Waals surface area contributed by atoms with E-state index in [2.05, 4.69) is 19.2 Å². The van der Waals surface area contributed by atoms with Crippen molar-refractivity contribution in [1.29, 1.82) is 0 Å². The lowest BCUT2D eigenvalue weighted by molar-refractivity contribution is -0.147. The summed E-state index contributed by atoms with van der Waals surface area (Å²) < 4.78 is 5.50. The lowest BCUT2D eigenvalue weighted by Gasteiger charge is -2.41. The van der Waals surface area contributed by atoms with Crippen LogP contribution in [0.3, 0.4) is 0 Å². The summed E-state index contributed by atoms with van der Waals surface area (Å²) in [5, 5.41) is 11.3. The van der Waals surface area contributed by atoms with Crippen LogP contribution in [-0.2, 0) is 9.53 Å². The number of hydrogen-bond donors (Lipinski definition) is 2. The summed E-state index contributed by atoms with van der Waals surface area (Å²) in [6, 6.07) is 0.165. The van der Waals surface area contributed by atoms with Crippen molar-refractivity contribution in [1.82, 2.24) is 10.2 Å². The van der Waals surface area contributed by atoms with Gasteiger partial charge in [0.25, 0.3) is 0 Å². The van der Waals surface area contributed by atoms with Crippen LogP contribution in [-0.4, -0.2) is 53.8 Å². The molecule has 0 aromatic carbocycles. The molecular weight excluding hydrogens is 272 g/mol. The minimum atomic E-state index is -0.974. The highest BCUT2D eigenvalue weighted by molar-refractivity contribution is 5.79. The number of carbonyl (C=O) groups is 2. The molecule has 1 aliphatic carbocycles. The fourth-order valence-electron chi connectivity index (χ4n) is 3.34. The Kier molecular flexibility index (Phi) is 5.45. The molecule has 2 amide bonds. The molecule has 6 nitrogen and oxygen atoms in total. The maximum Gasteiger partial charge on any atom is 0.404 e. The molecule has 0 bridgehead atoms. The van der Waals surface area contributed by atoms with Gasteiger partial charge in [0.05, 0.1) is 19.3 Å². The molecule has 1 saturated carbocycles. The van der Waals surface area contributed by atoms with Gasteiger partial charge in [0.15, 0.2) is 0 Å². The third-order valence-electron chi connectivity index (χ3n) is 4.62. The Morgan fingerprint density at radius 2 is 1.90 bits per heavy atom. The summed E-state index contributed by atoms with van der Waals surface area (Å²) in [4.78, 5) is 25.4. The lowest BCUT2D eigenvalue weighted by atomic mass is 9.84. The van der Waals surface area contributed by atoms with E-state index in [0.29, 0.717) is 25.7 Å². The van der Waals surface area contributed by atoms with Gasteiger partial charge in [-0.3, -0.25) is 4.79 Å². The predicted molar refractivity (Wildman–Crippen MR) is 78.1 cm³/mol. The zero-order chi connectivity index (χ0) is 15.4. The van der Waals surface area contributed by atoms with Crippen LogP contribution in [0.15, 0.2) is 0 Å². The Labute approximate surface area is 125 Å². The zero-order valence-electron chi connectivity index (χ0n) is 12.9. The van der Waals surface area contributed by atoms with E-state index in [9.17, 15) is 9.59 Å². The van der Waals surface area contributed by atoms with Crippen molar-refractivity contribution in [2.45, 2.75) is 51.6 Å². The van der Waals surface area contributed by atoms with Crippen LogP contribution in [0.1, 0.15) is 39.5 Å². The molecule has 1 heterocycles. The van der Waals surface area contributed by atoms with Gasteiger partial charge < -0.3 is 20.1 Å². The highest BCUT2D eigenvalue weighted by Gasteiger charge is 2.35. The maximum atomic E-state index is 12.7. The van der Waals surface area contributed by atoms with E-state index in [4.69, 9.17) is 9.84 Å². The first-order chi connectivity index (χ1) is 9.99. The standard InChI is InChI=1S/C15H26N2O4/c1-10(2)13-9-21-8-7-17(13)14(18)11-3-5-12(6-4-11)16-15(19)20/h10-13,16H,3-9H2,1-2H3,(H,19,20). The van der Waals surface area contributed by atoms with E-state index in [-0.39, 0.29) is 23.9 Å². The van der Waals surface area contributed by atoms with Crippen molar-refractivity contribution in [3.63, 3.8) is 0 Å². The molecule has 1 atom stereocenters. The first-order valence-electron chi connectivity index (χ1n) is 7.86. The molecule has 0 aromatic heterocycles. The van der Waals surface area contributed by atoms with Crippen LogP contribution >= 0.6 is 0 Å². The molecular formula is C15H26N2O4. The summed E-state index contributed by atoms with van der Waals surface area (Å²) >= 11 is 0. The van der Waals surface area contributed by atoms with Gasteiger partial charge in [-0.25, -0.2) is 4.79 Å². The van der Waals surface area contributed by atoms with Crippen molar-refractivity contribution in [3.05, 3.63) is 0 Å². The molecule has 2 aliphatic rings. The number of amides is 2. The van der Waals surface area contributed by atoms with E-state index in [1.165, 1.54) is 0 Å². The minimum absolute atomic E-state index is 0.00265. The van der Waals surface area contributed by atoms with Crippen LogP contribution in [0.5, 0.6) is 0 Å². The second-order valence-corrected chi connectivity index (χ2v) is 6.42. The molecule has 0 radical (unpaired) electrons. The Bertz CT molecular complexity index is 378. The molecule has 1 unspecified atom stereocenters. The fourth-order valence-corrected chi connectivity index (χ4v) is 3.34. The molecule has 0 spiro atoms. The summed E-state index contributed by atoms with van der Waals surface area (Å²) in [6.07, 6.45) is 2.06. The van der Waals surface area contributed by atoms with E-state index >= 15 is 0 Å². The summed E-state index contributed by atoms with van der Waals surface area (Å²) in [5.41, 5.74) is 0. The number of ether oxygens (including phenoxy) is 1. The second-order valence-electron chi connectivity index (χ2n) is 6.42. The fraction of sp³-hybridized carbons (Fsp3) is 0.867. The van der Waals surface area contributed by atoms with Crippen LogP contribution in [0.25, 0.3) is 0 Å². The van der Waals surface area contributed by atoms with Crippen molar-refractivity contribution < 1.29 is 19.4 Å². The van der Waals surface area contributed by atoms with E-state index < -0.39 is 6.09 Å². The Morgan fingerprint density at radius 3 is 2.48 bits per heavy atom. The molecule has 21 heavy (non-hydrogen) atoms. The molecule has 120 valence electrons. The molecule has 2 rings (SSSR count). The number of morpholine rings is 1.